The Labute approximate surface area is 178 Å². The van der Waals surface area contributed by atoms with E-state index in [1.165, 1.54) is 5.56 Å². The summed E-state index contributed by atoms with van der Waals surface area (Å²) in [5.41, 5.74) is 4.31. The summed E-state index contributed by atoms with van der Waals surface area (Å²) in [6.45, 7) is 0. The number of halogens is 1. The number of nitrogens with zero attached hydrogens (tertiary/aromatic N) is 3. The van der Waals surface area contributed by atoms with Crippen LogP contribution >= 0.6 is 22.9 Å². The van der Waals surface area contributed by atoms with Crippen LogP contribution in [-0.2, 0) is 0 Å². The summed E-state index contributed by atoms with van der Waals surface area (Å²) in [7, 11) is 1.68. The number of methoxy groups -OCH3 is 1. The third-order valence-corrected chi connectivity index (χ3v) is 6.31. The normalized spacial score (nSPS) is 16.3. The first-order valence-corrected chi connectivity index (χ1v) is 10.5. The van der Waals surface area contributed by atoms with E-state index in [1.54, 1.807) is 18.4 Å². The maximum Gasteiger partial charge on any atom is 0.207 e. The first-order valence-electron chi connectivity index (χ1n) is 9.33. The van der Waals surface area contributed by atoms with E-state index in [2.05, 4.69) is 24.3 Å². The zero-order valence-corrected chi connectivity index (χ0v) is 17.3. The SMILES string of the molecule is COc1ccc2nc(N3N=C(c4ccccc4)CC3c3ccc(Cl)cc3)sc2c1. The molecule has 0 bridgehead atoms. The minimum atomic E-state index is 0.0740. The number of aromatic nitrogens is 1. The van der Waals surface area contributed by atoms with Gasteiger partial charge in [0.25, 0.3) is 0 Å². The lowest BCUT2D eigenvalue weighted by Gasteiger charge is -2.21. The number of rotatable bonds is 4. The van der Waals surface area contributed by atoms with Crippen LogP contribution in [0.2, 0.25) is 5.02 Å². The second kappa shape index (κ2) is 7.50. The van der Waals surface area contributed by atoms with Crippen LogP contribution in [0.1, 0.15) is 23.6 Å². The number of hydrogen-bond donors (Lipinski definition) is 0. The van der Waals surface area contributed by atoms with E-state index in [1.807, 2.05) is 53.5 Å². The van der Waals surface area contributed by atoms with Crippen molar-refractivity contribution in [1.29, 1.82) is 0 Å². The molecule has 4 aromatic rings. The van der Waals surface area contributed by atoms with Crippen molar-refractivity contribution in [3.05, 3.63) is 88.9 Å². The Morgan fingerprint density at radius 3 is 2.59 bits per heavy atom. The molecule has 1 aromatic heterocycles. The van der Waals surface area contributed by atoms with Gasteiger partial charge in [-0.2, -0.15) is 5.10 Å². The molecule has 1 aliphatic heterocycles. The fourth-order valence-electron chi connectivity index (χ4n) is 3.55. The molecule has 6 heteroatoms. The van der Waals surface area contributed by atoms with Gasteiger partial charge in [-0.15, -0.1) is 0 Å². The molecule has 0 spiro atoms. The molecule has 0 N–H and O–H groups in total. The second-order valence-electron chi connectivity index (χ2n) is 6.86. The molecule has 0 saturated heterocycles. The molecule has 0 amide bonds. The number of ether oxygens (including phenoxy) is 1. The fourth-order valence-corrected chi connectivity index (χ4v) is 4.68. The van der Waals surface area contributed by atoms with Crippen LogP contribution in [0.5, 0.6) is 5.75 Å². The molecule has 5 rings (SSSR count). The highest BCUT2D eigenvalue weighted by molar-refractivity contribution is 7.22. The average Bonchev–Trinajstić information content (AvgIpc) is 3.38. The Balaban J connectivity index is 1.59. The minimum Gasteiger partial charge on any atom is -0.497 e. The number of hydrazone groups is 1. The molecule has 0 saturated carbocycles. The fraction of sp³-hybridized carbons (Fsp3) is 0.130. The first kappa shape index (κ1) is 18.2. The number of hydrogen-bond acceptors (Lipinski definition) is 5. The maximum absolute atomic E-state index is 6.11. The van der Waals surface area contributed by atoms with Crippen LogP contribution in [0.25, 0.3) is 10.2 Å². The van der Waals surface area contributed by atoms with Crippen molar-refractivity contribution in [3.63, 3.8) is 0 Å². The van der Waals surface area contributed by atoms with E-state index in [0.717, 1.165) is 43.8 Å². The average molecular weight is 420 g/mol. The molecule has 0 fully saturated rings. The summed E-state index contributed by atoms with van der Waals surface area (Å²) >= 11 is 7.74. The molecular formula is C23H18ClN3OS. The van der Waals surface area contributed by atoms with Crippen LogP contribution in [0.3, 0.4) is 0 Å². The van der Waals surface area contributed by atoms with Gasteiger partial charge in [-0.05, 0) is 41.5 Å². The lowest BCUT2D eigenvalue weighted by molar-refractivity contribution is 0.415. The Morgan fingerprint density at radius 1 is 1.03 bits per heavy atom. The number of fused-ring (bicyclic) bond motifs is 1. The van der Waals surface area contributed by atoms with Gasteiger partial charge in [0.2, 0.25) is 5.13 Å². The second-order valence-corrected chi connectivity index (χ2v) is 8.30. The molecule has 1 unspecified atom stereocenters. The Hall–Kier alpha value is -2.89. The van der Waals surface area contributed by atoms with Crippen LogP contribution in [0.15, 0.2) is 77.9 Å². The summed E-state index contributed by atoms with van der Waals surface area (Å²) in [5, 5.41) is 8.63. The molecule has 3 aromatic carbocycles. The summed E-state index contributed by atoms with van der Waals surface area (Å²) < 4.78 is 6.44. The van der Waals surface area contributed by atoms with Gasteiger partial charge < -0.3 is 4.74 Å². The summed E-state index contributed by atoms with van der Waals surface area (Å²) in [6, 6.07) is 24.3. The van der Waals surface area contributed by atoms with Gasteiger partial charge in [-0.1, -0.05) is 65.4 Å². The number of benzene rings is 3. The van der Waals surface area contributed by atoms with Crippen molar-refractivity contribution < 1.29 is 4.74 Å². The van der Waals surface area contributed by atoms with Crippen molar-refractivity contribution in [1.82, 2.24) is 4.98 Å². The lowest BCUT2D eigenvalue weighted by Crippen LogP contribution is -2.18. The topological polar surface area (TPSA) is 37.7 Å². The van der Waals surface area contributed by atoms with Crippen LogP contribution in [0.4, 0.5) is 5.13 Å². The van der Waals surface area contributed by atoms with Gasteiger partial charge in [0, 0.05) is 11.4 Å². The summed E-state index contributed by atoms with van der Waals surface area (Å²) in [4.78, 5) is 4.85. The van der Waals surface area contributed by atoms with Gasteiger partial charge >= 0.3 is 0 Å². The largest absolute Gasteiger partial charge is 0.497 e. The molecule has 29 heavy (non-hydrogen) atoms. The predicted molar refractivity (Wildman–Crippen MR) is 120 cm³/mol. The van der Waals surface area contributed by atoms with Gasteiger partial charge in [0.15, 0.2) is 0 Å². The summed E-state index contributed by atoms with van der Waals surface area (Å²) in [6.07, 6.45) is 0.810. The van der Waals surface area contributed by atoms with E-state index in [4.69, 9.17) is 26.4 Å². The first-order chi connectivity index (χ1) is 14.2. The maximum atomic E-state index is 6.11. The van der Waals surface area contributed by atoms with E-state index in [0.29, 0.717) is 0 Å². The molecule has 0 aliphatic carbocycles. The van der Waals surface area contributed by atoms with Crippen molar-refractivity contribution in [2.45, 2.75) is 12.5 Å². The van der Waals surface area contributed by atoms with E-state index in [9.17, 15) is 0 Å². The van der Waals surface area contributed by atoms with Crippen molar-refractivity contribution >= 4 is 44.0 Å². The van der Waals surface area contributed by atoms with Crippen molar-refractivity contribution in [2.75, 3.05) is 12.1 Å². The van der Waals surface area contributed by atoms with E-state index >= 15 is 0 Å². The standard InChI is InChI=1S/C23H18ClN3OS/c1-28-18-11-12-19-22(13-18)29-23(25-19)27-21(16-7-9-17(24)10-8-16)14-20(26-27)15-5-3-2-4-6-15/h2-13,21H,14H2,1H3. The molecule has 4 nitrogen and oxygen atoms in total. The van der Waals surface area contributed by atoms with Gasteiger partial charge in [0.05, 0.1) is 29.1 Å². The zero-order valence-electron chi connectivity index (χ0n) is 15.7. The summed E-state index contributed by atoms with van der Waals surface area (Å²) in [5.74, 6) is 0.830. The van der Waals surface area contributed by atoms with Crippen molar-refractivity contribution in [2.24, 2.45) is 5.10 Å². The monoisotopic (exact) mass is 419 g/mol. The van der Waals surface area contributed by atoms with Crippen LogP contribution in [-0.4, -0.2) is 17.8 Å². The van der Waals surface area contributed by atoms with E-state index in [-0.39, 0.29) is 6.04 Å². The molecule has 1 aliphatic rings. The Kier molecular flexibility index (Phi) is 4.70. The predicted octanol–water partition coefficient (Wildman–Crippen LogP) is 6.31. The quantitative estimate of drug-likeness (QED) is 0.388. The highest BCUT2D eigenvalue weighted by Gasteiger charge is 2.31. The minimum absolute atomic E-state index is 0.0740. The van der Waals surface area contributed by atoms with Gasteiger partial charge in [-0.25, -0.2) is 9.99 Å². The molecule has 0 radical (unpaired) electrons. The zero-order chi connectivity index (χ0) is 19.8. The van der Waals surface area contributed by atoms with E-state index < -0.39 is 0 Å². The van der Waals surface area contributed by atoms with Gasteiger partial charge in [-0.3, -0.25) is 0 Å². The third kappa shape index (κ3) is 3.48. The highest BCUT2D eigenvalue weighted by atomic mass is 35.5. The van der Waals surface area contributed by atoms with Gasteiger partial charge in [0.1, 0.15) is 5.75 Å². The highest BCUT2D eigenvalue weighted by Crippen LogP contribution is 2.40. The third-order valence-electron chi connectivity index (χ3n) is 5.05. The van der Waals surface area contributed by atoms with Crippen molar-refractivity contribution in [3.8, 4) is 5.75 Å². The Morgan fingerprint density at radius 2 is 1.83 bits per heavy atom. The van der Waals surface area contributed by atoms with Crippen LogP contribution in [0, 0.1) is 0 Å². The molecular weight excluding hydrogens is 402 g/mol. The number of anilines is 1. The Bertz CT molecular complexity index is 1190. The molecule has 2 heterocycles. The lowest BCUT2D eigenvalue weighted by atomic mass is 9.99. The van der Waals surface area contributed by atoms with Crippen LogP contribution < -0.4 is 9.75 Å². The number of thiazole rings is 1. The molecule has 1 atom stereocenters. The molecule has 144 valence electrons. The smallest absolute Gasteiger partial charge is 0.207 e.